The van der Waals surface area contributed by atoms with Gasteiger partial charge in [-0.05, 0) is 128 Å². The van der Waals surface area contributed by atoms with Crippen LogP contribution in [0.15, 0.2) is 12.2 Å². The van der Waals surface area contributed by atoms with Gasteiger partial charge in [-0.25, -0.2) is 0 Å². The molecule has 0 aromatic carbocycles. The second-order valence-electron chi connectivity index (χ2n) is 14.6. The van der Waals surface area contributed by atoms with Crippen LogP contribution in [0.25, 0.3) is 0 Å². The van der Waals surface area contributed by atoms with Crippen molar-refractivity contribution >= 4 is 0 Å². The van der Waals surface area contributed by atoms with E-state index in [1.54, 1.807) is 0 Å². The molecule has 0 radical (unpaired) electrons. The van der Waals surface area contributed by atoms with E-state index in [1.165, 1.54) is 76.2 Å². The molecule has 5 aliphatic carbocycles. The molecule has 0 aromatic rings. The van der Waals surface area contributed by atoms with Gasteiger partial charge in [0, 0.05) is 0 Å². The summed E-state index contributed by atoms with van der Waals surface area (Å²) < 4.78 is 0. The average Bonchev–Trinajstić information content (AvgIpc) is 2.99. The molecule has 0 nitrogen and oxygen atoms in total. The molecule has 5 saturated carbocycles. The van der Waals surface area contributed by atoms with Gasteiger partial charge in [-0.2, -0.15) is 0 Å². The highest BCUT2D eigenvalue weighted by molar-refractivity contribution is 5.20. The minimum Gasteiger partial charge on any atom is -0.0998 e. The maximum atomic E-state index is 4.44. The quantitative estimate of drug-likeness (QED) is 0.378. The van der Waals surface area contributed by atoms with Gasteiger partial charge in [-0.15, -0.1) is 0 Å². The lowest BCUT2D eigenvalue weighted by molar-refractivity contribution is -0.234. The Morgan fingerprint density at radius 1 is 0.633 bits per heavy atom. The predicted octanol–water partition coefficient (Wildman–Crippen LogP) is 9.05. The Balaban J connectivity index is 1.51. The van der Waals surface area contributed by atoms with Gasteiger partial charge in [0.1, 0.15) is 0 Å². The minimum atomic E-state index is 0.535. The average molecular weight is 411 g/mol. The molecule has 0 aliphatic heterocycles. The third-order valence-corrected chi connectivity index (χ3v) is 13.4. The first-order valence-electron chi connectivity index (χ1n) is 13.6. The van der Waals surface area contributed by atoms with Gasteiger partial charge in [0.2, 0.25) is 0 Å². The molecule has 0 heteroatoms. The Morgan fingerprint density at radius 3 is 2.03 bits per heavy atom. The number of allylic oxidation sites excluding steroid dienone is 1. The van der Waals surface area contributed by atoms with E-state index in [4.69, 9.17) is 0 Å². The van der Waals surface area contributed by atoms with Gasteiger partial charge in [0.15, 0.2) is 0 Å². The lowest BCUT2D eigenvalue weighted by Gasteiger charge is -2.72. The van der Waals surface area contributed by atoms with Crippen molar-refractivity contribution in [1.82, 2.24) is 0 Å². The summed E-state index contributed by atoms with van der Waals surface area (Å²) >= 11 is 0. The molecule has 30 heavy (non-hydrogen) atoms. The van der Waals surface area contributed by atoms with E-state index in [0.717, 1.165) is 29.6 Å². The molecule has 0 heterocycles. The SMILES string of the molecule is C=C(C)[C@@H]1CC[C@@H]2[C@H]3CC[C@@H]4[C@@]5(C)CCCC(C)(C)[C@@H]5CC[C@@]4(C)[C@]3(C)CC[C@]21C. The van der Waals surface area contributed by atoms with Crippen molar-refractivity contribution in [3.63, 3.8) is 0 Å². The summed E-state index contributed by atoms with van der Waals surface area (Å²) in [7, 11) is 0. The molecule has 0 N–H and O–H groups in total. The van der Waals surface area contributed by atoms with E-state index in [2.05, 4.69) is 55.0 Å². The van der Waals surface area contributed by atoms with E-state index in [-0.39, 0.29) is 0 Å². The number of rotatable bonds is 1. The van der Waals surface area contributed by atoms with Crippen LogP contribution >= 0.6 is 0 Å². The molecule has 0 bridgehead atoms. The summed E-state index contributed by atoms with van der Waals surface area (Å²) in [5.41, 5.74) is 4.25. The Morgan fingerprint density at radius 2 is 1.33 bits per heavy atom. The van der Waals surface area contributed by atoms with Crippen LogP contribution in [0.4, 0.5) is 0 Å². The van der Waals surface area contributed by atoms with Crippen molar-refractivity contribution in [2.24, 2.45) is 56.7 Å². The third-order valence-electron chi connectivity index (χ3n) is 13.4. The monoisotopic (exact) mass is 410 g/mol. The fourth-order valence-electron chi connectivity index (χ4n) is 11.8. The maximum Gasteiger partial charge on any atom is -0.0152 e. The van der Waals surface area contributed by atoms with E-state index in [1.807, 2.05) is 0 Å². The molecule has 5 fully saturated rings. The van der Waals surface area contributed by atoms with Crippen LogP contribution in [0.2, 0.25) is 0 Å². The smallest absolute Gasteiger partial charge is 0.0152 e. The van der Waals surface area contributed by atoms with Crippen LogP contribution in [-0.2, 0) is 0 Å². The zero-order chi connectivity index (χ0) is 21.7. The number of hydrogen-bond acceptors (Lipinski definition) is 0. The maximum absolute atomic E-state index is 4.44. The van der Waals surface area contributed by atoms with Gasteiger partial charge in [-0.1, -0.05) is 60.1 Å². The van der Waals surface area contributed by atoms with Crippen molar-refractivity contribution in [3.05, 3.63) is 12.2 Å². The summed E-state index contributed by atoms with van der Waals surface area (Å²) in [6.45, 7) is 23.0. The van der Waals surface area contributed by atoms with Gasteiger partial charge >= 0.3 is 0 Å². The molecule has 0 amide bonds. The summed E-state index contributed by atoms with van der Waals surface area (Å²) in [6, 6.07) is 0. The zero-order valence-corrected chi connectivity index (χ0v) is 21.4. The normalized spacial score (nSPS) is 57.0. The first-order valence-corrected chi connectivity index (χ1v) is 13.6. The topological polar surface area (TPSA) is 0 Å². The highest BCUT2D eigenvalue weighted by atomic mass is 14.7. The molecule has 0 spiro atoms. The van der Waals surface area contributed by atoms with E-state index in [9.17, 15) is 0 Å². The van der Waals surface area contributed by atoms with Crippen LogP contribution in [0.1, 0.15) is 119 Å². The zero-order valence-electron chi connectivity index (χ0n) is 21.4. The van der Waals surface area contributed by atoms with Crippen molar-refractivity contribution < 1.29 is 0 Å². The van der Waals surface area contributed by atoms with Gasteiger partial charge < -0.3 is 0 Å². The lowest BCUT2D eigenvalue weighted by Crippen LogP contribution is -2.65. The van der Waals surface area contributed by atoms with E-state index >= 15 is 0 Å². The molecule has 0 saturated heterocycles. The minimum absolute atomic E-state index is 0.535. The second kappa shape index (κ2) is 6.41. The summed E-state index contributed by atoms with van der Waals surface area (Å²) in [6.07, 6.45) is 16.3. The van der Waals surface area contributed by atoms with E-state index < -0.39 is 0 Å². The first-order chi connectivity index (χ1) is 13.9. The number of hydrogen-bond donors (Lipinski definition) is 0. The fraction of sp³-hybridized carbons (Fsp3) is 0.933. The van der Waals surface area contributed by atoms with Crippen molar-refractivity contribution in [2.75, 3.05) is 0 Å². The van der Waals surface area contributed by atoms with E-state index in [0.29, 0.717) is 27.1 Å². The van der Waals surface area contributed by atoms with Crippen molar-refractivity contribution in [3.8, 4) is 0 Å². The van der Waals surface area contributed by atoms with Crippen molar-refractivity contribution in [2.45, 2.75) is 119 Å². The van der Waals surface area contributed by atoms with Gasteiger partial charge in [0.05, 0.1) is 0 Å². The highest BCUT2D eigenvalue weighted by Crippen LogP contribution is 2.77. The molecule has 9 atom stereocenters. The largest absolute Gasteiger partial charge is 0.0998 e. The standard InChI is InChI=1S/C30H50/c1-20(2)21-10-11-22-23-12-13-25-28(6)16-9-15-26(3,4)24(28)14-17-30(25,8)29(23,7)19-18-27(21,22)5/h21-25H,1,9-19H2,2-8H3/t21-,22+,23+,24-,25+,27-,28-,29+,30+/m0/s1. The van der Waals surface area contributed by atoms with Crippen LogP contribution in [-0.4, -0.2) is 0 Å². The molecule has 5 aliphatic rings. The second-order valence-corrected chi connectivity index (χ2v) is 14.6. The van der Waals surface area contributed by atoms with Crippen LogP contribution < -0.4 is 0 Å². The lowest BCUT2D eigenvalue weighted by atomic mass is 9.32. The molecule has 0 aromatic heterocycles. The Hall–Kier alpha value is -0.260. The van der Waals surface area contributed by atoms with Gasteiger partial charge in [0.25, 0.3) is 0 Å². The molecule has 170 valence electrons. The summed E-state index contributed by atoms with van der Waals surface area (Å²) in [4.78, 5) is 0. The molecule has 0 unspecified atom stereocenters. The summed E-state index contributed by atoms with van der Waals surface area (Å²) in [5.74, 6) is 4.59. The van der Waals surface area contributed by atoms with Crippen LogP contribution in [0.5, 0.6) is 0 Å². The van der Waals surface area contributed by atoms with Crippen LogP contribution in [0, 0.1) is 56.7 Å². The van der Waals surface area contributed by atoms with Crippen LogP contribution in [0.3, 0.4) is 0 Å². The molecular weight excluding hydrogens is 360 g/mol. The Kier molecular flexibility index (Phi) is 4.61. The molecular formula is C30H50. The third kappa shape index (κ3) is 2.46. The fourth-order valence-corrected chi connectivity index (χ4v) is 11.8. The Bertz CT molecular complexity index is 730. The highest BCUT2D eigenvalue weighted by Gasteiger charge is 2.69. The number of fused-ring (bicyclic) bond motifs is 7. The molecule has 5 rings (SSSR count). The van der Waals surface area contributed by atoms with Crippen molar-refractivity contribution in [1.29, 1.82) is 0 Å². The van der Waals surface area contributed by atoms with Gasteiger partial charge in [-0.3, -0.25) is 0 Å². The predicted molar refractivity (Wildman–Crippen MR) is 129 cm³/mol. The Labute approximate surface area is 188 Å². The summed E-state index contributed by atoms with van der Waals surface area (Å²) in [5, 5.41) is 0. The first kappa shape index (κ1) is 21.6.